The maximum Gasteiger partial charge on any atom is 0.264 e. The van der Waals surface area contributed by atoms with Crippen LogP contribution in [0.1, 0.15) is 11.9 Å². The van der Waals surface area contributed by atoms with Gasteiger partial charge in [0.1, 0.15) is 5.75 Å². The van der Waals surface area contributed by atoms with Gasteiger partial charge >= 0.3 is 0 Å². The molecule has 2 aromatic rings. The first-order chi connectivity index (χ1) is 7.36. The Morgan fingerprint density at radius 1 is 1.00 bits per heavy atom. The molecule has 15 heavy (non-hydrogen) atoms. The van der Waals surface area contributed by atoms with Crippen LogP contribution in [0, 0.1) is 6.07 Å². The summed E-state index contributed by atoms with van der Waals surface area (Å²) in [6.45, 7) is 0. The fraction of sp³-hybridized carbons (Fsp3) is 0.0769. The van der Waals surface area contributed by atoms with Gasteiger partial charge in [0.25, 0.3) is 6.36 Å². The van der Waals surface area contributed by atoms with Crippen molar-refractivity contribution in [3.05, 3.63) is 66.2 Å². The molecule has 1 radical (unpaired) electrons. The summed E-state index contributed by atoms with van der Waals surface area (Å²) in [7, 11) is 0. The summed E-state index contributed by atoms with van der Waals surface area (Å²) in [5.74, 6) is 0.505. The van der Waals surface area contributed by atoms with Gasteiger partial charge in [-0.15, -0.1) is 0 Å². The molecule has 0 aromatic heterocycles. The normalized spacial score (nSPS) is 12.1. The van der Waals surface area contributed by atoms with Gasteiger partial charge in [-0.05, 0) is 18.2 Å². The van der Waals surface area contributed by atoms with Crippen LogP contribution in [-0.4, -0.2) is 0 Å². The van der Waals surface area contributed by atoms with E-state index in [1.54, 1.807) is 48.5 Å². The predicted octanol–water partition coefficient (Wildman–Crippen LogP) is 3.53. The highest BCUT2D eigenvalue weighted by atomic mass is 19.1. The van der Waals surface area contributed by atoms with Crippen LogP contribution < -0.4 is 4.74 Å². The molecule has 2 aromatic carbocycles. The van der Waals surface area contributed by atoms with Crippen LogP contribution >= 0.6 is 0 Å². The highest BCUT2D eigenvalue weighted by Gasteiger charge is 2.09. The lowest BCUT2D eigenvalue weighted by Crippen LogP contribution is -2.00. The Bertz CT molecular complexity index is 399. The molecular weight excluding hydrogens is 191 g/mol. The Morgan fingerprint density at radius 3 is 2.33 bits per heavy atom. The molecule has 1 nitrogen and oxygen atoms in total. The lowest BCUT2D eigenvalue weighted by atomic mass is 10.2. The van der Waals surface area contributed by atoms with Crippen molar-refractivity contribution in [2.45, 2.75) is 6.36 Å². The standard InChI is InChI=1S/C13H10FO/c14-13(11-7-3-1-4-8-11)15-12-9-5-2-6-10-12/h1,3-10,13H. The molecule has 0 heterocycles. The Morgan fingerprint density at radius 2 is 1.67 bits per heavy atom. The number of hydrogen-bond acceptors (Lipinski definition) is 1. The number of halogens is 1. The largest absolute Gasteiger partial charge is 0.456 e. The second-order valence-electron chi connectivity index (χ2n) is 3.08. The van der Waals surface area contributed by atoms with E-state index in [2.05, 4.69) is 6.07 Å². The average Bonchev–Trinajstić information content (AvgIpc) is 2.31. The highest BCUT2D eigenvalue weighted by Crippen LogP contribution is 2.22. The van der Waals surface area contributed by atoms with Crippen molar-refractivity contribution >= 4 is 0 Å². The van der Waals surface area contributed by atoms with Gasteiger partial charge in [-0.1, -0.05) is 42.5 Å². The maximum atomic E-state index is 13.6. The van der Waals surface area contributed by atoms with E-state index in [4.69, 9.17) is 4.74 Å². The zero-order valence-electron chi connectivity index (χ0n) is 8.06. The molecule has 75 valence electrons. The van der Waals surface area contributed by atoms with Crippen LogP contribution in [0.5, 0.6) is 5.75 Å². The SMILES string of the molecule is FC(Oc1cc[c]cc1)c1ccccc1. The number of alkyl halides is 1. The molecule has 1 atom stereocenters. The van der Waals surface area contributed by atoms with Gasteiger partial charge in [-0.2, -0.15) is 4.39 Å². The molecular formula is C13H10FO. The van der Waals surface area contributed by atoms with Crippen molar-refractivity contribution < 1.29 is 9.13 Å². The van der Waals surface area contributed by atoms with Crippen molar-refractivity contribution in [2.24, 2.45) is 0 Å². The monoisotopic (exact) mass is 201 g/mol. The molecule has 0 fully saturated rings. The Balaban J connectivity index is 2.08. The summed E-state index contributed by atoms with van der Waals surface area (Å²) in [6, 6.07) is 18.4. The number of hydrogen-bond donors (Lipinski definition) is 0. The average molecular weight is 201 g/mol. The minimum atomic E-state index is -1.42. The second-order valence-corrected chi connectivity index (χ2v) is 3.08. The maximum absolute atomic E-state index is 13.6. The third-order valence-electron chi connectivity index (χ3n) is 1.99. The van der Waals surface area contributed by atoms with Crippen LogP contribution in [0.4, 0.5) is 4.39 Å². The lowest BCUT2D eigenvalue weighted by Gasteiger charge is -2.10. The first-order valence-electron chi connectivity index (χ1n) is 4.68. The van der Waals surface area contributed by atoms with Crippen LogP contribution in [-0.2, 0) is 0 Å². The highest BCUT2D eigenvalue weighted by molar-refractivity contribution is 5.23. The lowest BCUT2D eigenvalue weighted by molar-refractivity contribution is 0.0672. The fourth-order valence-electron chi connectivity index (χ4n) is 1.24. The topological polar surface area (TPSA) is 9.23 Å². The molecule has 0 saturated heterocycles. The summed E-state index contributed by atoms with van der Waals surface area (Å²) >= 11 is 0. The zero-order chi connectivity index (χ0) is 10.5. The van der Waals surface area contributed by atoms with Crippen molar-refractivity contribution in [1.29, 1.82) is 0 Å². The van der Waals surface area contributed by atoms with Crippen molar-refractivity contribution in [3.63, 3.8) is 0 Å². The van der Waals surface area contributed by atoms with E-state index < -0.39 is 6.36 Å². The van der Waals surface area contributed by atoms with Gasteiger partial charge < -0.3 is 4.74 Å². The minimum absolute atomic E-state index is 0.505. The van der Waals surface area contributed by atoms with Gasteiger partial charge in [0.15, 0.2) is 0 Å². The van der Waals surface area contributed by atoms with E-state index in [0.29, 0.717) is 11.3 Å². The smallest absolute Gasteiger partial charge is 0.264 e. The summed E-state index contributed by atoms with van der Waals surface area (Å²) in [4.78, 5) is 0. The Hall–Kier alpha value is -1.83. The van der Waals surface area contributed by atoms with Gasteiger partial charge in [0.2, 0.25) is 0 Å². The van der Waals surface area contributed by atoms with Gasteiger partial charge in [-0.3, -0.25) is 0 Å². The third-order valence-corrected chi connectivity index (χ3v) is 1.99. The number of ether oxygens (including phenoxy) is 1. The minimum Gasteiger partial charge on any atom is -0.456 e. The molecule has 0 amide bonds. The zero-order valence-corrected chi connectivity index (χ0v) is 8.06. The van der Waals surface area contributed by atoms with Crippen LogP contribution in [0.2, 0.25) is 0 Å². The van der Waals surface area contributed by atoms with Gasteiger partial charge in [0, 0.05) is 5.56 Å². The van der Waals surface area contributed by atoms with Crippen molar-refractivity contribution in [2.75, 3.05) is 0 Å². The first kappa shape index (κ1) is 9.71. The van der Waals surface area contributed by atoms with Gasteiger partial charge in [-0.25, -0.2) is 0 Å². The van der Waals surface area contributed by atoms with E-state index in [1.807, 2.05) is 6.07 Å². The predicted molar refractivity (Wildman–Crippen MR) is 56.2 cm³/mol. The van der Waals surface area contributed by atoms with Crippen molar-refractivity contribution in [3.8, 4) is 5.75 Å². The molecule has 2 heteroatoms. The van der Waals surface area contributed by atoms with E-state index in [-0.39, 0.29) is 0 Å². The second kappa shape index (κ2) is 4.60. The summed E-state index contributed by atoms with van der Waals surface area (Å²) in [5.41, 5.74) is 0.519. The molecule has 2 rings (SSSR count). The summed E-state index contributed by atoms with van der Waals surface area (Å²) in [6.07, 6.45) is -1.42. The quantitative estimate of drug-likeness (QED) is 0.738. The first-order valence-corrected chi connectivity index (χ1v) is 4.68. The van der Waals surface area contributed by atoms with E-state index >= 15 is 0 Å². The van der Waals surface area contributed by atoms with Gasteiger partial charge in [0.05, 0.1) is 0 Å². The summed E-state index contributed by atoms with van der Waals surface area (Å²) in [5, 5.41) is 0. The molecule has 0 aliphatic heterocycles. The molecule has 0 spiro atoms. The number of rotatable bonds is 3. The van der Waals surface area contributed by atoms with E-state index in [0.717, 1.165) is 0 Å². The van der Waals surface area contributed by atoms with Crippen molar-refractivity contribution in [1.82, 2.24) is 0 Å². The Labute approximate surface area is 88.1 Å². The summed E-state index contributed by atoms with van der Waals surface area (Å²) < 4.78 is 18.7. The van der Waals surface area contributed by atoms with Crippen LogP contribution in [0.15, 0.2) is 54.6 Å². The van der Waals surface area contributed by atoms with E-state index in [9.17, 15) is 4.39 Å². The van der Waals surface area contributed by atoms with E-state index in [1.165, 1.54) is 0 Å². The number of benzene rings is 2. The molecule has 0 aliphatic rings. The molecule has 0 aliphatic carbocycles. The molecule has 0 saturated carbocycles. The molecule has 1 unspecified atom stereocenters. The fourth-order valence-corrected chi connectivity index (χ4v) is 1.24. The van der Waals surface area contributed by atoms with Crippen LogP contribution in [0.3, 0.4) is 0 Å². The third kappa shape index (κ3) is 2.56. The van der Waals surface area contributed by atoms with Crippen LogP contribution in [0.25, 0.3) is 0 Å². The Kier molecular flexibility index (Phi) is 2.98. The molecule has 0 bridgehead atoms. The molecule has 0 N–H and O–H groups in total.